The fourth-order valence-corrected chi connectivity index (χ4v) is 13.3. The molecule has 4 saturated carbocycles. The smallest absolute Gasteiger partial charge is 0.342 e. The maximum atomic E-state index is 13.1. The van der Waals surface area contributed by atoms with Gasteiger partial charge in [-0.2, -0.15) is 0 Å². The molecule has 0 aliphatic heterocycles. The molecule has 4 aliphatic rings. The fraction of sp³-hybridized carbons (Fsp3) is 0.686. The summed E-state index contributed by atoms with van der Waals surface area (Å²) in [6.07, 6.45) is 19.4. The van der Waals surface area contributed by atoms with E-state index in [-0.39, 0.29) is 32.7 Å². The maximum Gasteiger partial charge on any atom is 0.342 e. The highest BCUT2D eigenvalue weighted by molar-refractivity contribution is 6.33. The minimum Gasteiger partial charge on any atom is -0.505 e. The van der Waals surface area contributed by atoms with Crippen LogP contribution >= 0.6 is 23.2 Å². The quantitative estimate of drug-likeness (QED) is 0.184. The Hall–Kier alpha value is -2.70. The second-order valence-electron chi connectivity index (χ2n) is 20.6. The molecule has 4 fully saturated rings. The largest absolute Gasteiger partial charge is 0.505 e. The van der Waals surface area contributed by atoms with Gasteiger partial charge in [0.05, 0.1) is 22.3 Å². The number of allylic oxidation sites excluding steroid dienone is 1. The van der Waals surface area contributed by atoms with Crippen molar-refractivity contribution in [2.45, 2.75) is 164 Å². The topological polar surface area (TPSA) is 93.1 Å². The highest BCUT2D eigenvalue weighted by atomic mass is 35.5. The van der Waals surface area contributed by atoms with E-state index in [4.69, 9.17) is 32.7 Å². The number of phenols is 2. The lowest BCUT2D eigenvalue weighted by molar-refractivity contribution is -0.121. The monoisotopic (exact) mass is 850 g/mol. The Kier molecular flexibility index (Phi) is 14.5. The molecular weight excluding hydrogens is 779 g/mol. The number of carbonyl (C=O) groups is 2. The molecular formula is C51H72Cl2O6. The number of hydrogen-bond donors (Lipinski definition) is 2. The van der Waals surface area contributed by atoms with Crippen molar-refractivity contribution in [2.75, 3.05) is 0 Å². The van der Waals surface area contributed by atoms with Gasteiger partial charge in [-0.1, -0.05) is 83.2 Å². The van der Waals surface area contributed by atoms with E-state index in [0.717, 1.165) is 54.3 Å². The zero-order valence-corrected chi connectivity index (χ0v) is 38.9. The lowest BCUT2D eigenvalue weighted by atomic mass is 9.44. The van der Waals surface area contributed by atoms with E-state index in [0.29, 0.717) is 33.4 Å². The Balaban J connectivity index is 1.20. The number of halogens is 2. The van der Waals surface area contributed by atoms with Crippen LogP contribution in [0.25, 0.3) is 5.57 Å². The Morgan fingerprint density at radius 1 is 0.746 bits per heavy atom. The van der Waals surface area contributed by atoms with Crippen molar-refractivity contribution in [3.63, 3.8) is 0 Å². The van der Waals surface area contributed by atoms with Gasteiger partial charge in [0.2, 0.25) is 0 Å². The average molecular weight is 852 g/mol. The van der Waals surface area contributed by atoms with Gasteiger partial charge in [0, 0.05) is 0 Å². The molecule has 2 aromatic carbocycles. The first-order chi connectivity index (χ1) is 27.8. The minimum absolute atomic E-state index is 0.00268. The lowest BCUT2D eigenvalue weighted by Gasteiger charge is -2.61. The van der Waals surface area contributed by atoms with Crippen LogP contribution in [0.5, 0.6) is 11.5 Å². The fourth-order valence-electron chi connectivity index (χ4n) is 12.9. The van der Waals surface area contributed by atoms with Gasteiger partial charge in [0.15, 0.2) is 0 Å². The van der Waals surface area contributed by atoms with Crippen LogP contribution in [0.3, 0.4) is 0 Å². The minimum atomic E-state index is -0.687. The van der Waals surface area contributed by atoms with Crippen molar-refractivity contribution < 1.29 is 29.3 Å². The summed E-state index contributed by atoms with van der Waals surface area (Å²) in [5.41, 5.74) is 2.63. The van der Waals surface area contributed by atoms with E-state index in [1.165, 1.54) is 77.0 Å². The number of rotatable bonds is 14. The molecule has 0 radical (unpaired) electrons. The van der Waals surface area contributed by atoms with Crippen LogP contribution in [0.1, 0.15) is 184 Å². The Morgan fingerprint density at radius 3 is 1.86 bits per heavy atom. The van der Waals surface area contributed by atoms with E-state index < -0.39 is 24.1 Å². The number of esters is 2. The third-order valence-corrected chi connectivity index (χ3v) is 16.3. The molecule has 59 heavy (non-hydrogen) atoms. The second-order valence-corrected chi connectivity index (χ2v) is 21.5. The summed E-state index contributed by atoms with van der Waals surface area (Å²) in [4.78, 5) is 26.2. The van der Waals surface area contributed by atoms with E-state index in [2.05, 4.69) is 40.7 Å². The van der Waals surface area contributed by atoms with Crippen molar-refractivity contribution >= 4 is 40.7 Å². The van der Waals surface area contributed by atoms with Gasteiger partial charge in [-0.15, -0.1) is 0 Å². The molecule has 2 N–H and O–H groups in total. The van der Waals surface area contributed by atoms with E-state index in [1.54, 1.807) is 52.0 Å². The molecule has 326 valence electrons. The molecule has 0 amide bonds. The van der Waals surface area contributed by atoms with Crippen molar-refractivity contribution in [1.29, 1.82) is 0 Å². The number of benzene rings is 2. The predicted octanol–water partition coefficient (Wildman–Crippen LogP) is 14.5. The summed E-state index contributed by atoms with van der Waals surface area (Å²) < 4.78 is 10.9. The van der Waals surface area contributed by atoms with E-state index in [9.17, 15) is 19.8 Å². The third kappa shape index (κ3) is 9.69. The van der Waals surface area contributed by atoms with Crippen molar-refractivity contribution in [3.8, 4) is 11.5 Å². The first-order valence-corrected chi connectivity index (χ1v) is 23.8. The zero-order chi connectivity index (χ0) is 43.0. The second kappa shape index (κ2) is 18.7. The van der Waals surface area contributed by atoms with Crippen molar-refractivity contribution in [2.24, 2.45) is 58.2 Å². The van der Waals surface area contributed by atoms with Crippen LogP contribution in [-0.2, 0) is 9.47 Å². The number of aromatic hydroxyl groups is 2. The SMILES string of the molecule is CC(C)CCCC(C)[C@H]1CC[C@H]2[C@@H]3CC[C@H]4C[C@@H](CCC=C(c5cc(Cl)c(O)c(C(=O)OC(C)C)c5)c5cc(Cl)c(O)c(C(=O)OC(C)C)c5)CC[C@]4(C)[C@H]3CC[C@]12C. The Morgan fingerprint density at radius 2 is 1.31 bits per heavy atom. The molecule has 0 aromatic heterocycles. The number of fused-ring (bicyclic) bond motifs is 5. The number of phenolic OH excluding ortho intramolecular Hbond substituents is 2. The molecule has 0 spiro atoms. The molecule has 6 rings (SSSR count). The zero-order valence-electron chi connectivity index (χ0n) is 37.3. The molecule has 9 atom stereocenters. The molecule has 0 bridgehead atoms. The molecule has 1 unspecified atom stereocenters. The Bertz CT molecular complexity index is 1790. The molecule has 8 heteroatoms. The Labute approximate surface area is 365 Å². The summed E-state index contributed by atoms with van der Waals surface area (Å²) in [6.45, 7) is 19.6. The standard InChI is InChI=1S/C51H72Cl2O6/c1-29(2)12-10-13-32(7)41-18-19-42-38-17-16-36-24-33(20-22-50(36,8)43(38)21-23-51(41,42)9)14-11-15-37(34-25-39(46(54)44(52)27-34)48(56)58-30(3)4)35-26-40(47(55)45(53)28-35)49(57)59-31(5)6/h15,25-33,36,38,41-43,54-55H,10-14,16-24H2,1-9H3/t32?,33-,36-,38-,41+,42-,43-,50-,51+/m0/s1. The predicted molar refractivity (Wildman–Crippen MR) is 240 cm³/mol. The van der Waals surface area contributed by atoms with Gasteiger partial charge < -0.3 is 19.7 Å². The van der Waals surface area contributed by atoms with Crippen LogP contribution in [0.2, 0.25) is 10.0 Å². The van der Waals surface area contributed by atoms with Crippen LogP contribution in [0, 0.1) is 58.2 Å². The summed E-state index contributed by atoms with van der Waals surface area (Å²) >= 11 is 13.1. The maximum absolute atomic E-state index is 13.1. The van der Waals surface area contributed by atoms with Gasteiger partial charge in [-0.3, -0.25) is 0 Å². The molecule has 0 saturated heterocycles. The van der Waals surface area contributed by atoms with Gasteiger partial charge >= 0.3 is 11.9 Å². The first-order valence-electron chi connectivity index (χ1n) is 23.0. The lowest BCUT2D eigenvalue weighted by Crippen LogP contribution is -2.53. The number of hydrogen-bond acceptors (Lipinski definition) is 6. The average Bonchev–Trinajstić information content (AvgIpc) is 3.52. The normalized spacial score (nSPS) is 29.5. The summed E-state index contributed by atoms with van der Waals surface area (Å²) in [5, 5.41) is 21.7. The first kappa shape index (κ1) is 45.8. The molecule has 6 nitrogen and oxygen atoms in total. The molecule has 0 heterocycles. The van der Waals surface area contributed by atoms with Crippen LogP contribution in [-0.4, -0.2) is 34.4 Å². The van der Waals surface area contributed by atoms with Crippen LogP contribution < -0.4 is 0 Å². The van der Waals surface area contributed by atoms with Gasteiger partial charge in [-0.05, 0) is 197 Å². The van der Waals surface area contributed by atoms with Crippen LogP contribution in [0.4, 0.5) is 0 Å². The van der Waals surface area contributed by atoms with Crippen molar-refractivity contribution in [1.82, 2.24) is 0 Å². The van der Waals surface area contributed by atoms with Crippen molar-refractivity contribution in [3.05, 3.63) is 62.6 Å². The summed E-state index contributed by atoms with van der Waals surface area (Å²) in [7, 11) is 0. The van der Waals surface area contributed by atoms with Gasteiger partial charge in [0.25, 0.3) is 0 Å². The van der Waals surface area contributed by atoms with Crippen LogP contribution in [0.15, 0.2) is 30.3 Å². The highest BCUT2D eigenvalue weighted by Crippen LogP contribution is 2.69. The highest BCUT2D eigenvalue weighted by Gasteiger charge is 2.60. The summed E-state index contributed by atoms with van der Waals surface area (Å²) in [6, 6.07) is 6.37. The third-order valence-electron chi connectivity index (χ3n) is 15.8. The molecule has 2 aromatic rings. The van der Waals surface area contributed by atoms with Gasteiger partial charge in [0.1, 0.15) is 22.6 Å². The van der Waals surface area contributed by atoms with E-state index in [1.807, 2.05) is 0 Å². The van der Waals surface area contributed by atoms with E-state index >= 15 is 0 Å². The number of carbonyl (C=O) groups excluding carboxylic acids is 2. The summed E-state index contributed by atoms with van der Waals surface area (Å²) in [5.74, 6) is 4.39. The van der Waals surface area contributed by atoms with Gasteiger partial charge in [-0.25, -0.2) is 9.59 Å². The molecule has 4 aliphatic carbocycles. The number of ether oxygens (including phenoxy) is 2.